The lowest BCUT2D eigenvalue weighted by Gasteiger charge is -2.04. The van der Waals surface area contributed by atoms with Gasteiger partial charge in [0.1, 0.15) is 5.57 Å². The minimum atomic E-state index is -0.723. The second kappa shape index (κ2) is 11.2. The van der Waals surface area contributed by atoms with Crippen LogP contribution in [-0.4, -0.2) is 38.2 Å². The number of hydrogen-bond acceptors (Lipinski definition) is 5. The second-order valence-electron chi connectivity index (χ2n) is 7.10. The third-order valence-electron chi connectivity index (χ3n) is 5.05. The minimum absolute atomic E-state index is 0.141. The zero-order valence-electron chi connectivity index (χ0n) is 18.6. The molecule has 0 aliphatic carbocycles. The van der Waals surface area contributed by atoms with E-state index in [0.717, 1.165) is 11.3 Å². The number of fused-ring (bicyclic) bond motifs is 3. The summed E-state index contributed by atoms with van der Waals surface area (Å²) in [6, 6.07) is 21.8. The molecule has 0 aliphatic rings. The molecule has 7 heteroatoms. The zero-order valence-corrected chi connectivity index (χ0v) is 19.4. The zero-order chi connectivity index (χ0) is 23.8. The van der Waals surface area contributed by atoms with Crippen LogP contribution < -0.4 is 5.32 Å². The predicted molar refractivity (Wildman–Crippen MR) is 133 cm³/mol. The minimum Gasteiger partial charge on any atom is -0.465 e. The van der Waals surface area contributed by atoms with Crippen molar-refractivity contribution in [3.8, 4) is 0 Å². The van der Waals surface area contributed by atoms with E-state index < -0.39 is 11.9 Å². The number of aromatic amines is 1. The normalized spacial score (nSPS) is 10.2. The van der Waals surface area contributed by atoms with Gasteiger partial charge in [0.25, 0.3) is 0 Å². The van der Waals surface area contributed by atoms with Gasteiger partial charge in [-0.05, 0) is 47.5 Å². The number of anilines is 1. The smallest absolute Gasteiger partial charge is 0.345 e. The van der Waals surface area contributed by atoms with Crippen LogP contribution in [0.2, 0.25) is 0 Å². The van der Waals surface area contributed by atoms with Crippen LogP contribution in [0, 0.1) is 0 Å². The predicted octanol–water partition coefficient (Wildman–Crippen LogP) is 5.52. The largest absolute Gasteiger partial charge is 0.465 e. The number of rotatable bonds is 5. The molecule has 4 aromatic rings. The number of para-hydroxylation sites is 1. The van der Waals surface area contributed by atoms with E-state index in [-0.39, 0.29) is 5.57 Å². The molecular formula is C26H25ClN2O4. The molecule has 6 nitrogen and oxygen atoms in total. The van der Waals surface area contributed by atoms with Gasteiger partial charge in [-0.3, -0.25) is 0 Å². The lowest BCUT2D eigenvalue weighted by Crippen LogP contribution is -2.15. The van der Waals surface area contributed by atoms with Crippen molar-refractivity contribution < 1.29 is 19.1 Å². The third-order valence-corrected chi connectivity index (χ3v) is 5.35. The van der Waals surface area contributed by atoms with Gasteiger partial charge in [-0.2, -0.15) is 0 Å². The van der Waals surface area contributed by atoms with Crippen molar-refractivity contribution in [3.63, 3.8) is 0 Å². The molecule has 0 fully saturated rings. The van der Waals surface area contributed by atoms with Crippen LogP contribution in [0.25, 0.3) is 27.9 Å². The highest BCUT2D eigenvalue weighted by atomic mass is 35.5. The Morgan fingerprint density at radius 2 is 1.55 bits per heavy atom. The van der Waals surface area contributed by atoms with Crippen molar-refractivity contribution in [1.82, 2.24) is 4.98 Å². The molecule has 0 saturated heterocycles. The van der Waals surface area contributed by atoms with E-state index in [1.807, 2.05) is 18.2 Å². The van der Waals surface area contributed by atoms with Gasteiger partial charge >= 0.3 is 11.9 Å². The average molecular weight is 465 g/mol. The number of carbonyl (C=O) groups excluding carboxylic acids is 2. The Morgan fingerprint density at radius 3 is 2.15 bits per heavy atom. The Labute approximate surface area is 197 Å². The van der Waals surface area contributed by atoms with Crippen LogP contribution in [0.5, 0.6) is 0 Å². The SMILES string of the molecule is CNc1ccc(C=C(C(=O)OC)C(=O)OC)cc1.ClCc1ccc2[nH]c3ccccc3c2c1. The summed E-state index contributed by atoms with van der Waals surface area (Å²) in [4.78, 5) is 26.3. The maximum atomic E-state index is 11.4. The Hall–Kier alpha value is -3.77. The van der Waals surface area contributed by atoms with Crippen LogP contribution in [0.15, 0.2) is 72.3 Å². The van der Waals surface area contributed by atoms with Gasteiger partial charge < -0.3 is 19.8 Å². The maximum absolute atomic E-state index is 11.4. The van der Waals surface area contributed by atoms with Crippen molar-refractivity contribution in [3.05, 3.63) is 83.4 Å². The Morgan fingerprint density at radius 1 is 0.909 bits per heavy atom. The topological polar surface area (TPSA) is 80.4 Å². The Balaban J connectivity index is 0.000000188. The molecule has 2 N–H and O–H groups in total. The summed E-state index contributed by atoms with van der Waals surface area (Å²) in [5, 5.41) is 5.49. The number of alkyl halides is 1. The molecule has 1 aromatic heterocycles. The summed E-state index contributed by atoms with van der Waals surface area (Å²) in [6.45, 7) is 0. The number of benzene rings is 3. The number of nitrogens with one attached hydrogen (secondary N) is 2. The number of carbonyl (C=O) groups is 2. The number of methoxy groups -OCH3 is 2. The van der Waals surface area contributed by atoms with E-state index in [2.05, 4.69) is 56.2 Å². The lowest BCUT2D eigenvalue weighted by molar-refractivity contribution is -0.143. The fourth-order valence-corrected chi connectivity index (χ4v) is 3.48. The second-order valence-corrected chi connectivity index (χ2v) is 7.36. The Bertz CT molecular complexity index is 1270. The molecule has 33 heavy (non-hydrogen) atoms. The standard InChI is InChI=1S/C13H10ClN.C13H15NO4/c14-8-9-5-6-13-11(7-9)10-3-1-2-4-12(10)15-13;1-14-10-6-4-9(5-7-10)8-11(12(15)17-2)13(16)18-3/h1-7,15H,8H2;4-8,14H,1-3H3. The fraction of sp³-hybridized carbons (Fsp3) is 0.154. The molecule has 1 heterocycles. The quantitative estimate of drug-likeness (QED) is 0.134. The van der Waals surface area contributed by atoms with E-state index in [9.17, 15) is 9.59 Å². The molecule has 0 radical (unpaired) electrons. The van der Waals surface area contributed by atoms with E-state index in [4.69, 9.17) is 11.6 Å². The van der Waals surface area contributed by atoms with E-state index in [1.165, 1.54) is 42.1 Å². The van der Waals surface area contributed by atoms with Gasteiger partial charge in [0.05, 0.1) is 14.2 Å². The fourth-order valence-electron chi connectivity index (χ4n) is 3.31. The molecule has 0 saturated carbocycles. The molecule has 3 aromatic carbocycles. The molecule has 0 bridgehead atoms. The van der Waals surface area contributed by atoms with Crippen LogP contribution in [0.3, 0.4) is 0 Å². The number of H-pyrrole nitrogens is 1. The van der Waals surface area contributed by atoms with Gasteiger partial charge in [0, 0.05) is 40.4 Å². The van der Waals surface area contributed by atoms with Gasteiger partial charge in [-0.15, -0.1) is 11.6 Å². The highest BCUT2D eigenvalue weighted by Crippen LogP contribution is 2.26. The summed E-state index contributed by atoms with van der Waals surface area (Å²) in [5.74, 6) is -0.880. The van der Waals surface area contributed by atoms with Gasteiger partial charge in [0.15, 0.2) is 0 Å². The van der Waals surface area contributed by atoms with Crippen molar-refractivity contribution >= 4 is 57.1 Å². The number of hydrogen-bond donors (Lipinski definition) is 2. The molecule has 0 aliphatic heterocycles. The molecule has 0 spiro atoms. The summed E-state index contributed by atoms with van der Waals surface area (Å²) in [6.07, 6.45) is 1.43. The molecule has 0 atom stereocenters. The molecular weight excluding hydrogens is 440 g/mol. The van der Waals surface area contributed by atoms with Crippen LogP contribution >= 0.6 is 11.6 Å². The van der Waals surface area contributed by atoms with E-state index in [0.29, 0.717) is 11.4 Å². The lowest BCUT2D eigenvalue weighted by atomic mass is 10.1. The van der Waals surface area contributed by atoms with Gasteiger partial charge in [-0.1, -0.05) is 36.4 Å². The maximum Gasteiger partial charge on any atom is 0.345 e. The van der Waals surface area contributed by atoms with Crippen molar-refractivity contribution in [1.29, 1.82) is 0 Å². The summed E-state index contributed by atoms with van der Waals surface area (Å²) in [5.41, 5.74) is 5.01. The van der Waals surface area contributed by atoms with Gasteiger partial charge in [-0.25, -0.2) is 9.59 Å². The van der Waals surface area contributed by atoms with Gasteiger partial charge in [0.2, 0.25) is 0 Å². The highest BCUT2D eigenvalue weighted by molar-refractivity contribution is 6.18. The van der Waals surface area contributed by atoms with Crippen molar-refractivity contribution in [2.24, 2.45) is 0 Å². The number of ether oxygens (including phenoxy) is 2. The first-order valence-electron chi connectivity index (χ1n) is 10.2. The third kappa shape index (κ3) is 5.73. The first kappa shape index (κ1) is 23.9. The number of halogens is 1. The van der Waals surface area contributed by atoms with Crippen LogP contribution in [0.4, 0.5) is 5.69 Å². The average Bonchev–Trinajstić information content (AvgIpc) is 3.25. The number of aromatic nitrogens is 1. The first-order valence-corrected chi connectivity index (χ1v) is 10.8. The van der Waals surface area contributed by atoms with Crippen molar-refractivity contribution in [2.45, 2.75) is 5.88 Å². The highest BCUT2D eigenvalue weighted by Gasteiger charge is 2.19. The summed E-state index contributed by atoms with van der Waals surface area (Å²) in [7, 11) is 4.23. The molecule has 170 valence electrons. The number of esters is 2. The van der Waals surface area contributed by atoms with Crippen molar-refractivity contribution in [2.75, 3.05) is 26.6 Å². The van der Waals surface area contributed by atoms with E-state index >= 15 is 0 Å². The van der Waals surface area contributed by atoms with Crippen LogP contribution in [-0.2, 0) is 24.9 Å². The molecule has 0 unspecified atom stereocenters. The summed E-state index contributed by atoms with van der Waals surface area (Å²) >= 11 is 5.84. The summed E-state index contributed by atoms with van der Waals surface area (Å²) < 4.78 is 9.06. The molecule has 0 amide bonds. The molecule has 4 rings (SSSR count). The van der Waals surface area contributed by atoms with E-state index in [1.54, 1.807) is 19.2 Å². The monoisotopic (exact) mass is 464 g/mol. The first-order chi connectivity index (χ1) is 16.0. The Kier molecular flexibility index (Phi) is 8.11. The van der Waals surface area contributed by atoms with Crippen LogP contribution in [0.1, 0.15) is 11.1 Å².